The third-order valence-electron chi connectivity index (χ3n) is 5.06. The van der Waals surface area contributed by atoms with Gasteiger partial charge in [0.05, 0.1) is 16.3 Å². The van der Waals surface area contributed by atoms with Crippen molar-refractivity contribution in [1.29, 1.82) is 0 Å². The Hall–Kier alpha value is -1.84. The van der Waals surface area contributed by atoms with E-state index in [4.69, 9.17) is 0 Å². The van der Waals surface area contributed by atoms with Crippen LogP contribution in [0, 0.1) is 0 Å². The average molecular weight is 412 g/mol. The van der Waals surface area contributed by atoms with Gasteiger partial charge < -0.3 is 20.4 Å². The lowest BCUT2D eigenvalue weighted by molar-refractivity contribution is 0.252. The molecule has 0 unspecified atom stereocenters. The monoisotopic (exact) mass is 411 g/mol. The number of hydrogen-bond donors (Lipinski definition) is 2. The number of carbonyl (C=O) groups excluding carboxylic acids is 1. The second-order valence-electron chi connectivity index (χ2n) is 6.67. The third-order valence-corrected chi connectivity index (χ3v) is 7.10. The van der Waals surface area contributed by atoms with Gasteiger partial charge in [-0.05, 0) is 31.7 Å². The van der Waals surface area contributed by atoms with Crippen molar-refractivity contribution in [3.8, 4) is 0 Å². The molecule has 0 saturated carbocycles. The molecule has 1 aromatic carbocycles. The third kappa shape index (κ3) is 5.15. The fraction of sp³-hybridized carbons (Fsp3) is 0.632. The minimum Gasteiger partial charge on any atom is -0.367 e. The molecule has 1 aromatic rings. The van der Waals surface area contributed by atoms with Crippen molar-refractivity contribution in [2.45, 2.75) is 32.6 Å². The summed E-state index contributed by atoms with van der Waals surface area (Å²) in [4.78, 5) is 16.9. The fourth-order valence-corrected chi connectivity index (χ4v) is 4.88. The normalized spacial score (nSPS) is 15.7. The quantitative estimate of drug-likeness (QED) is 0.683. The van der Waals surface area contributed by atoms with Crippen molar-refractivity contribution in [1.82, 2.24) is 14.5 Å². The molecule has 0 atom stereocenters. The first-order chi connectivity index (χ1) is 13.4. The fourth-order valence-electron chi connectivity index (χ4n) is 3.40. The number of piperazine rings is 1. The van der Waals surface area contributed by atoms with E-state index in [0.29, 0.717) is 25.3 Å². The maximum Gasteiger partial charge on any atom is 0.319 e. The molecule has 1 saturated heterocycles. The first kappa shape index (κ1) is 22.4. The standard InChI is InChI=1S/C19H33N5O3S/c1-5-20-19(25)21-17-15-16(28(26,27)24(7-3)8-4)9-10-18(17)23-13-11-22(6-2)12-14-23/h9-10,15H,5-8,11-14H2,1-4H3,(H2,20,21,25). The zero-order valence-electron chi connectivity index (χ0n) is 17.4. The Morgan fingerprint density at radius 3 is 2.25 bits per heavy atom. The Kier molecular flexibility index (Phi) is 8.09. The second kappa shape index (κ2) is 10.1. The predicted octanol–water partition coefficient (Wildman–Crippen LogP) is 2.00. The summed E-state index contributed by atoms with van der Waals surface area (Å²) in [5.41, 5.74) is 1.37. The summed E-state index contributed by atoms with van der Waals surface area (Å²) in [6.45, 7) is 13.5. The summed E-state index contributed by atoms with van der Waals surface area (Å²) in [7, 11) is -3.60. The first-order valence-corrected chi connectivity index (χ1v) is 11.5. The number of sulfonamides is 1. The SMILES string of the molecule is CCNC(=O)Nc1cc(S(=O)(=O)N(CC)CC)ccc1N1CCN(CC)CC1. The lowest BCUT2D eigenvalue weighted by Gasteiger charge is -2.36. The summed E-state index contributed by atoms with van der Waals surface area (Å²) in [5.74, 6) is 0. The Morgan fingerprint density at radius 2 is 1.71 bits per heavy atom. The number of likely N-dealkylation sites (N-methyl/N-ethyl adjacent to an activating group) is 1. The molecule has 0 radical (unpaired) electrons. The van der Waals surface area contributed by atoms with Crippen LogP contribution in [0.4, 0.5) is 16.2 Å². The molecule has 8 nitrogen and oxygen atoms in total. The average Bonchev–Trinajstić information content (AvgIpc) is 2.69. The van der Waals surface area contributed by atoms with Crippen molar-refractivity contribution < 1.29 is 13.2 Å². The smallest absolute Gasteiger partial charge is 0.319 e. The number of nitrogens with one attached hydrogen (secondary N) is 2. The topological polar surface area (TPSA) is 85.0 Å². The number of amides is 2. The zero-order chi connectivity index (χ0) is 20.7. The van der Waals surface area contributed by atoms with Crippen LogP contribution in [0.25, 0.3) is 0 Å². The molecule has 0 spiro atoms. The Balaban J connectivity index is 2.38. The predicted molar refractivity (Wildman–Crippen MR) is 114 cm³/mol. The van der Waals surface area contributed by atoms with Crippen LogP contribution >= 0.6 is 0 Å². The minimum atomic E-state index is -3.60. The zero-order valence-corrected chi connectivity index (χ0v) is 18.2. The molecule has 0 aromatic heterocycles. The Bertz CT molecular complexity index is 757. The van der Waals surface area contributed by atoms with E-state index in [9.17, 15) is 13.2 Å². The number of benzene rings is 1. The summed E-state index contributed by atoms with van der Waals surface area (Å²) < 4.78 is 27.2. The van der Waals surface area contributed by atoms with Gasteiger partial charge >= 0.3 is 6.03 Å². The van der Waals surface area contributed by atoms with Crippen molar-refractivity contribution >= 4 is 27.4 Å². The van der Waals surface area contributed by atoms with Crippen molar-refractivity contribution in [3.63, 3.8) is 0 Å². The second-order valence-corrected chi connectivity index (χ2v) is 8.61. The van der Waals surface area contributed by atoms with Gasteiger partial charge in [0.25, 0.3) is 0 Å². The number of anilines is 2. The number of carbonyl (C=O) groups is 1. The van der Waals surface area contributed by atoms with Gasteiger partial charge in [-0.25, -0.2) is 13.2 Å². The molecule has 0 aliphatic carbocycles. The summed E-state index contributed by atoms with van der Waals surface area (Å²) >= 11 is 0. The highest BCUT2D eigenvalue weighted by atomic mass is 32.2. The van der Waals surface area contributed by atoms with Crippen molar-refractivity contribution in [3.05, 3.63) is 18.2 Å². The van der Waals surface area contributed by atoms with Crippen LogP contribution in [-0.2, 0) is 10.0 Å². The summed E-state index contributed by atoms with van der Waals surface area (Å²) in [6, 6.07) is 4.68. The molecule has 1 heterocycles. The van der Waals surface area contributed by atoms with E-state index in [0.717, 1.165) is 38.4 Å². The van der Waals surface area contributed by atoms with Gasteiger partial charge in [0.1, 0.15) is 0 Å². The van der Waals surface area contributed by atoms with Gasteiger partial charge in [-0.15, -0.1) is 0 Å². The molecule has 2 rings (SSSR count). The molecule has 28 heavy (non-hydrogen) atoms. The van der Waals surface area contributed by atoms with Crippen LogP contribution in [0.3, 0.4) is 0 Å². The van der Waals surface area contributed by atoms with Crippen LogP contribution in [0.15, 0.2) is 23.1 Å². The van der Waals surface area contributed by atoms with Crippen LogP contribution in [-0.4, -0.2) is 76.0 Å². The number of urea groups is 1. The molecule has 158 valence electrons. The molecule has 2 amide bonds. The van der Waals surface area contributed by atoms with Gasteiger partial charge in [0.15, 0.2) is 0 Å². The van der Waals surface area contributed by atoms with Crippen LogP contribution in [0.1, 0.15) is 27.7 Å². The van der Waals surface area contributed by atoms with E-state index >= 15 is 0 Å². The van der Waals surface area contributed by atoms with Gasteiger partial charge in [-0.1, -0.05) is 20.8 Å². The number of nitrogens with zero attached hydrogens (tertiary/aromatic N) is 3. The van der Waals surface area contributed by atoms with Gasteiger partial charge in [-0.3, -0.25) is 0 Å². The maximum absolute atomic E-state index is 12.9. The Labute approximate surface area is 168 Å². The van der Waals surface area contributed by atoms with E-state index < -0.39 is 10.0 Å². The molecule has 9 heteroatoms. The highest BCUT2D eigenvalue weighted by Crippen LogP contribution is 2.31. The lowest BCUT2D eigenvalue weighted by Crippen LogP contribution is -2.46. The van der Waals surface area contributed by atoms with Crippen molar-refractivity contribution in [2.24, 2.45) is 0 Å². The lowest BCUT2D eigenvalue weighted by atomic mass is 10.2. The molecular weight excluding hydrogens is 378 g/mol. The minimum absolute atomic E-state index is 0.193. The van der Waals surface area contributed by atoms with Crippen LogP contribution in [0.5, 0.6) is 0 Å². The molecule has 1 aliphatic heterocycles. The molecule has 0 bridgehead atoms. The van der Waals surface area contributed by atoms with E-state index in [-0.39, 0.29) is 10.9 Å². The van der Waals surface area contributed by atoms with Crippen LogP contribution < -0.4 is 15.5 Å². The number of rotatable bonds is 8. The molecule has 2 N–H and O–H groups in total. The molecule has 1 fully saturated rings. The Morgan fingerprint density at radius 1 is 1.07 bits per heavy atom. The first-order valence-electron chi connectivity index (χ1n) is 10.0. The van der Waals surface area contributed by atoms with Crippen molar-refractivity contribution in [2.75, 3.05) is 62.6 Å². The summed E-state index contributed by atoms with van der Waals surface area (Å²) in [6.07, 6.45) is 0. The van der Waals surface area contributed by atoms with E-state index in [2.05, 4.69) is 27.4 Å². The number of hydrogen-bond acceptors (Lipinski definition) is 5. The van der Waals surface area contributed by atoms with Gasteiger partial charge in [0.2, 0.25) is 10.0 Å². The van der Waals surface area contributed by atoms with E-state index in [1.165, 1.54) is 4.31 Å². The largest absolute Gasteiger partial charge is 0.367 e. The summed E-state index contributed by atoms with van der Waals surface area (Å²) in [5, 5.41) is 5.54. The maximum atomic E-state index is 12.9. The van der Waals surface area contributed by atoms with E-state index in [1.54, 1.807) is 18.2 Å². The highest BCUT2D eigenvalue weighted by molar-refractivity contribution is 7.89. The van der Waals surface area contributed by atoms with Gasteiger partial charge in [-0.2, -0.15) is 4.31 Å². The van der Waals surface area contributed by atoms with Gasteiger partial charge in [0, 0.05) is 45.8 Å². The highest BCUT2D eigenvalue weighted by Gasteiger charge is 2.25. The van der Waals surface area contributed by atoms with Crippen LogP contribution in [0.2, 0.25) is 0 Å². The molecule has 1 aliphatic rings. The van der Waals surface area contributed by atoms with E-state index in [1.807, 2.05) is 20.8 Å². The molecular formula is C19H33N5O3S.